The van der Waals surface area contributed by atoms with Crippen molar-refractivity contribution in [2.75, 3.05) is 0 Å². The van der Waals surface area contributed by atoms with Gasteiger partial charge in [0.15, 0.2) is 0 Å². The lowest BCUT2D eigenvalue weighted by Crippen LogP contribution is -2.07. The van der Waals surface area contributed by atoms with Crippen LogP contribution in [0.4, 0.5) is 4.39 Å². The van der Waals surface area contributed by atoms with Gasteiger partial charge in [-0.05, 0) is 6.07 Å². The molecule has 0 saturated heterocycles. The predicted octanol–water partition coefficient (Wildman–Crippen LogP) is 1.69. The number of nitrogens with zero attached hydrogens (tertiary/aromatic N) is 3. The molecule has 2 rings (SSSR count). The second-order valence-electron chi connectivity index (χ2n) is 3.33. The van der Waals surface area contributed by atoms with Gasteiger partial charge in [-0.3, -0.25) is 0 Å². The number of hydrogen-bond acceptors (Lipinski definition) is 3. The van der Waals surface area contributed by atoms with Gasteiger partial charge in [-0.1, -0.05) is 28.9 Å². The van der Waals surface area contributed by atoms with Crippen LogP contribution in [-0.4, -0.2) is 20.1 Å². The van der Waals surface area contributed by atoms with Crippen LogP contribution in [0.25, 0.3) is 0 Å². The molecule has 1 aromatic carbocycles. The highest BCUT2D eigenvalue weighted by Crippen LogP contribution is 2.29. The van der Waals surface area contributed by atoms with E-state index in [0.717, 1.165) is 0 Å². The topological polar surface area (TPSA) is 50.9 Å². The summed E-state index contributed by atoms with van der Waals surface area (Å²) in [6, 6.07) is 4.28. The van der Waals surface area contributed by atoms with Gasteiger partial charge in [-0.25, -0.2) is 9.07 Å². The summed E-state index contributed by atoms with van der Waals surface area (Å²) in [6.45, 7) is 0. The molecule has 1 atom stereocenters. The maximum atomic E-state index is 13.2. The van der Waals surface area contributed by atoms with Gasteiger partial charge in [0.2, 0.25) is 0 Å². The van der Waals surface area contributed by atoms with Crippen LogP contribution in [0, 0.1) is 5.82 Å². The number of rotatable bonds is 2. The fraction of sp³-hybridized carbons (Fsp3) is 0.200. The Bertz CT molecular complexity index is 515. The molecule has 0 saturated carbocycles. The van der Waals surface area contributed by atoms with Gasteiger partial charge >= 0.3 is 0 Å². The fourth-order valence-electron chi connectivity index (χ4n) is 1.44. The van der Waals surface area contributed by atoms with E-state index in [4.69, 9.17) is 11.6 Å². The Morgan fingerprint density at radius 1 is 1.50 bits per heavy atom. The van der Waals surface area contributed by atoms with Gasteiger partial charge in [0, 0.05) is 12.6 Å². The second-order valence-corrected chi connectivity index (χ2v) is 3.71. The SMILES string of the molecule is Cn1nncc1C(O)c1cccc(F)c1Cl. The summed E-state index contributed by atoms with van der Waals surface area (Å²) >= 11 is 5.77. The van der Waals surface area contributed by atoms with Crippen LogP contribution in [0.3, 0.4) is 0 Å². The highest BCUT2D eigenvalue weighted by Gasteiger charge is 2.19. The molecule has 0 fully saturated rings. The normalized spacial score (nSPS) is 12.8. The molecule has 2 aromatic rings. The van der Waals surface area contributed by atoms with Crippen molar-refractivity contribution in [3.63, 3.8) is 0 Å². The maximum absolute atomic E-state index is 13.2. The quantitative estimate of drug-likeness (QED) is 0.871. The Morgan fingerprint density at radius 3 is 2.88 bits per heavy atom. The third kappa shape index (κ3) is 1.79. The van der Waals surface area contributed by atoms with Crippen LogP contribution in [-0.2, 0) is 7.05 Å². The first kappa shape index (κ1) is 11.0. The Morgan fingerprint density at radius 2 is 2.25 bits per heavy atom. The first-order chi connectivity index (χ1) is 7.61. The summed E-state index contributed by atoms with van der Waals surface area (Å²) < 4.78 is 14.6. The molecule has 0 bridgehead atoms. The molecule has 1 aromatic heterocycles. The summed E-state index contributed by atoms with van der Waals surface area (Å²) in [5.41, 5.74) is 0.750. The number of halogens is 2. The van der Waals surface area contributed by atoms with Crippen LogP contribution in [0.2, 0.25) is 5.02 Å². The van der Waals surface area contributed by atoms with E-state index >= 15 is 0 Å². The third-order valence-corrected chi connectivity index (χ3v) is 2.70. The minimum absolute atomic E-state index is 0.0869. The number of aromatic nitrogens is 3. The third-order valence-electron chi connectivity index (χ3n) is 2.31. The van der Waals surface area contributed by atoms with Crippen molar-refractivity contribution >= 4 is 11.6 Å². The van der Waals surface area contributed by atoms with Crippen LogP contribution >= 0.6 is 11.6 Å². The Balaban J connectivity index is 2.46. The van der Waals surface area contributed by atoms with Crippen molar-refractivity contribution in [2.45, 2.75) is 6.10 Å². The van der Waals surface area contributed by atoms with E-state index in [1.807, 2.05) is 0 Å². The number of benzene rings is 1. The largest absolute Gasteiger partial charge is 0.382 e. The molecule has 1 heterocycles. The lowest BCUT2D eigenvalue weighted by atomic mass is 10.1. The van der Waals surface area contributed by atoms with E-state index in [2.05, 4.69) is 10.3 Å². The van der Waals surface area contributed by atoms with Crippen molar-refractivity contribution in [1.82, 2.24) is 15.0 Å². The summed E-state index contributed by atoms with van der Waals surface area (Å²) in [5, 5.41) is 17.2. The summed E-state index contributed by atoms with van der Waals surface area (Å²) in [7, 11) is 1.64. The zero-order chi connectivity index (χ0) is 11.7. The van der Waals surface area contributed by atoms with E-state index in [1.54, 1.807) is 13.1 Å². The Kier molecular flexibility index (Phi) is 2.89. The summed E-state index contributed by atoms with van der Waals surface area (Å²) in [4.78, 5) is 0. The molecule has 84 valence electrons. The monoisotopic (exact) mass is 241 g/mol. The standard InChI is InChI=1S/C10H9ClFN3O/c1-15-8(5-13-14-15)10(16)6-3-2-4-7(12)9(6)11/h2-5,10,16H,1H3. The molecule has 0 aliphatic carbocycles. The molecule has 6 heteroatoms. The average molecular weight is 242 g/mol. The molecule has 0 spiro atoms. The number of aliphatic hydroxyl groups excluding tert-OH is 1. The van der Waals surface area contributed by atoms with Gasteiger partial charge in [0.1, 0.15) is 11.9 Å². The highest BCUT2D eigenvalue weighted by molar-refractivity contribution is 6.31. The number of hydrogen-bond donors (Lipinski definition) is 1. The van der Waals surface area contributed by atoms with E-state index in [9.17, 15) is 9.50 Å². The molecule has 0 aliphatic rings. The molecular weight excluding hydrogens is 233 g/mol. The van der Waals surface area contributed by atoms with Gasteiger partial charge in [0.25, 0.3) is 0 Å². The molecular formula is C10H9ClFN3O. The molecule has 4 nitrogen and oxygen atoms in total. The molecule has 16 heavy (non-hydrogen) atoms. The Labute approximate surface area is 96.3 Å². The van der Waals surface area contributed by atoms with E-state index in [1.165, 1.54) is 23.0 Å². The van der Waals surface area contributed by atoms with Gasteiger partial charge in [-0.15, -0.1) is 5.10 Å². The van der Waals surface area contributed by atoms with E-state index in [-0.39, 0.29) is 5.02 Å². The average Bonchev–Trinajstić information content (AvgIpc) is 2.68. The summed E-state index contributed by atoms with van der Waals surface area (Å²) in [6.07, 6.45) is 0.370. The first-order valence-electron chi connectivity index (χ1n) is 4.58. The van der Waals surface area contributed by atoms with Crippen molar-refractivity contribution in [1.29, 1.82) is 0 Å². The van der Waals surface area contributed by atoms with Crippen LogP contribution in [0.5, 0.6) is 0 Å². The van der Waals surface area contributed by atoms with Gasteiger partial charge < -0.3 is 5.11 Å². The van der Waals surface area contributed by atoms with Crippen molar-refractivity contribution in [3.8, 4) is 0 Å². The first-order valence-corrected chi connectivity index (χ1v) is 4.95. The Hall–Kier alpha value is -1.46. The summed E-state index contributed by atoms with van der Waals surface area (Å²) in [5.74, 6) is -0.562. The predicted molar refractivity (Wildman–Crippen MR) is 56.5 cm³/mol. The minimum Gasteiger partial charge on any atom is -0.382 e. The number of aryl methyl sites for hydroxylation is 1. The second kappa shape index (κ2) is 4.19. The highest BCUT2D eigenvalue weighted by atomic mass is 35.5. The zero-order valence-electron chi connectivity index (χ0n) is 8.43. The molecule has 1 unspecified atom stereocenters. The van der Waals surface area contributed by atoms with E-state index < -0.39 is 11.9 Å². The van der Waals surface area contributed by atoms with E-state index in [0.29, 0.717) is 11.3 Å². The molecule has 1 N–H and O–H groups in total. The van der Waals surface area contributed by atoms with Crippen LogP contribution < -0.4 is 0 Å². The number of aliphatic hydroxyl groups is 1. The van der Waals surface area contributed by atoms with Crippen LogP contribution in [0.1, 0.15) is 17.4 Å². The van der Waals surface area contributed by atoms with Crippen LogP contribution in [0.15, 0.2) is 24.4 Å². The lowest BCUT2D eigenvalue weighted by molar-refractivity contribution is 0.209. The molecule has 0 radical (unpaired) electrons. The zero-order valence-corrected chi connectivity index (χ0v) is 9.19. The van der Waals surface area contributed by atoms with Crippen molar-refractivity contribution in [2.24, 2.45) is 7.05 Å². The van der Waals surface area contributed by atoms with Gasteiger partial charge in [-0.2, -0.15) is 0 Å². The molecule has 0 aliphatic heterocycles. The minimum atomic E-state index is -1.04. The van der Waals surface area contributed by atoms with Gasteiger partial charge in [0.05, 0.1) is 16.9 Å². The van der Waals surface area contributed by atoms with Crippen molar-refractivity contribution in [3.05, 3.63) is 46.5 Å². The lowest BCUT2D eigenvalue weighted by Gasteiger charge is -2.12. The fourth-order valence-corrected chi connectivity index (χ4v) is 1.67. The van der Waals surface area contributed by atoms with Crippen molar-refractivity contribution < 1.29 is 9.50 Å². The smallest absolute Gasteiger partial charge is 0.142 e. The molecule has 0 amide bonds. The maximum Gasteiger partial charge on any atom is 0.142 e.